The van der Waals surface area contributed by atoms with E-state index in [1.165, 1.54) is 11.6 Å². The average molecular weight is 423 g/mol. The van der Waals surface area contributed by atoms with Crippen LogP contribution in [0.25, 0.3) is 0 Å². The Morgan fingerprint density at radius 1 is 0.926 bits per heavy atom. The summed E-state index contributed by atoms with van der Waals surface area (Å²) in [5.74, 6) is 0.642. The van der Waals surface area contributed by atoms with E-state index in [-0.39, 0.29) is 17.2 Å². The number of ether oxygens (including phenoxy) is 1. The molecule has 0 saturated carbocycles. The van der Waals surface area contributed by atoms with Gasteiger partial charge in [-0.1, -0.05) is 64.6 Å². The van der Waals surface area contributed by atoms with Crippen LogP contribution in [0.2, 0.25) is 15.1 Å². The monoisotopic (exact) mass is 421 g/mol. The predicted octanol–water partition coefficient (Wildman–Crippen LogP) is 5.94. The molecule has 0 aliphatic rings. The number of pyridine rings is 1. The van der Waals surface area contributed by atoms with Crippen LogP contribution in [0.4, 0.5) is 0 Å². The van der Waals surface area contributed by atoms with Crippen molar-refractivity contribution in [2.45, 2.75) is 26.5 Å². The van der Waals surface area contributed by atoms with Crippen LogP contribution in [0, 0.1) is 6.92 Å². The maximum Gasteiger partial charge on any atom is 0.269 e. The topological polar surface area (TPSA) is 31.2 Å². The first kappa shape index (κ1) is 19.8. The lowest BCUT2D eigenvalue weighted by Crippen LogP contribution is -2.26. The second-order valence-electron chi connectivity index (χ2n) is 6.22. The molecule has 6 heteroatoms. The fourth-order valence-corrected chi connectivity index (χ4v) is 3.36. The second kappa shape index (κ2) is 8.83. The first-order chi connectivity index (χ1) is 12.9. The second-order valence-corrected chi connectivity index (χ2v) is 7.47. The molecule has 0 radical (unpaired) electrons. The molecule has 1 heterocycles. The number of hydrogen-bond acceptors (Lipinski definition) is 2. The lowest BCUT2D eigenvalue weighted by Gasteiger charge is -2.16. The normalized spacial score (nSPS) is 10.8. The van der Waals surface area contributed by atoms with Crippen molar-refractivity contribution in [2.75, 3.05) is 0 Å². The number of benzene rings is 2. The van der Waals surface area contributed by atoms with Crippen LogP contribution < -0.4 is 10.3 Å². The third-order valence-electron chi connectivity index (χ3n) is 4.24. The molecule has 0 atom stereocenters. The van der Waals surface area contributed by atoms with Crippen LogP contribution in [0.5, 0.6) is 5.75 Å². The van der Waals surface area contributed by atoms with Crippen molar-refractivity contribution in [1.82, 2.24) is 4.57 Å². The van der Waals surface area contributed by atoms with Gasteiger partial charge in [-0.15, -0.1) is 0 Å². The van der Waals surface area contributed by atoms with Gasteiger partial charge in [0, 0.05) is 11.6 Å². The summed E-state index contributed by atoms with van der Waals surface area (Å²) in [6.07, 6.45) is 0.685. The van der Waals surface area contributed by atoms with Crippen molar-refractivity contribution in [3.05, 3.63) is 96.8 Å². The summed E-state index contributed by atoms with van der Waals surface area (Å²) in [4.78, 5) is 12.6. The highest BCUT2D eigenvalue weighted by Gasteiger charge is 2.14. The standard InChI is InChI=1S/C21H18Cl3NO2/c1-14-2-4-15(5-3-14)10-11-25-20(18(23)12-19(24)21(25)26)13-27-17-8-6-16(22)7-9-17/h2-9,12H,10-11,13H2,1H3. The molecule has 0 aliphatic carbocycles. The van der Waals surface area contributed by atoms with Gasteiger partial charge in [0.05, 0.1) is 10.7 Å². The van der Waals surface area contributed by atoms with Gasteiger partial charge >= 0.3 is 0 Å². The minimum absolute atomic E-state index is 0.0964. The molecule has 0 fully saturated rings. The Morgan fingerprint density at radius 3 is 2.26 bits per heavy atom. The van der Waals surface area contributed by atoms with Gasteiger partial charge in [-0.05, 0) is 49.2 Å². The van der Waals surface area contributed by atoms with Crippen molar-refractivity contribution in [1.29, 1.82) is 0 Å². The van der Waals surface area contributed by atoms with Crippen LogP contribution in [0.3, 0.4) is 0 Å². The van der Waals surface area contributed by atoms with Crippen LogP contribution in [0.1, 0.15) is 16.8 Å². The number of rotatable bonds is 6. The third kappa shape index (κ3) is 5.07. The largest absolute Gasteiger partial charge is 0.487 e. The van der Waals surface area contributed by atoms with Crippen molar-refractivity contribution in [3.8, 4) is 5.75 Å². The minimum Gasteiger partial charge on any atom is -0.487 e. The van der Waals surface area contributed by atoms with E-state index in [1.807, 2.05) is 19.1 Å². The third-order valence-corrected chi connectivity index (χ3v) is 5.09. The SMILES string of the molecule is Cc1ccc(CCn2c(COc3ccc(Cl)cc3)c(Cl)cc(Cl)c2=O)cc1. The Hall–Kier alpha value is -1.94. The Bertz CT molecular complexity index is 980. The van der Waals surface area contributed by atoms with Crippen molar-refractivity contribution in [3.63, 3.8) is 0 Å². The molecule has 0 unspecified atom stereocenters. The summed E-state index contributed by atoms with van der Waals surface area (Å²) >= 11 is 18.3. The maximum atomic E-state index is 12.6. The Morgan fingerprint density at radius 2 is 1.59 bits per heavy atom. The van der Waals surface area contributed by atoms with E-state index in [4.69, 9.17) is 39.5 Å². The molecule has 0 spiro atoms. The van der Waals surface area contributed by atoms with E-state index in [2.05, 4.69) is 12.1 Å². The van der Waals surface area contributed by atoms with Crippen molar-refractivity contribution in [2.24, 2.45) is 0 Å². The molecule has 0 aliphatic heterocycles. The fourth-order valence-electron chi connectivity index (χ4n) is 2.70. The number of halogens is 3. The maximum absolute atomic E-state index is 12.6. The van der Waals surface area contributed by atoms with Crippen molar-refractivity contribution < 1.29 is 4.74 Å². The summed E-state index contributed by atoms with van der Waals surface area (Å²) in [7, 11) is 0. The first-order valence-electron chi connectivity index (χ1n) is 8.45. The van der Waals surface area contributed by atoms with Gasteiger partial charge in [-0.2, -0.15) is 0 Å². The lowest BCUT2D eigenvalue weighted by atomic mass is 10.1. The molecule has 0 bridgehead atoms. The quantitative estimate of drug-likeness (QED) is 0.492. The Labute approximate surface area is 173 Å². The van der Waals surface area contributed by atoms with Gasteiger partial charge in [0.2, 0.25) is 0 Å². The summed E-state index contributed by atoms with van der Waals surface area (Å²) in [6.45, 7) is 2.65. The van der Waals surface area contributed by atoms with Gasteiger partial charge in [-0.25, -0.2) is 0 Å². The van der Waals surface area contributed by atoms with E-state index in [0.29, 0.717) is 34.5 Å². The molecule has 0 N–H and O–H groups in total. The van der Waals surface area contributed by atoms with Crippen LogP contribution in [-0.4, -0.2) is 4.57 Å². The molecular formula is C21H18Cl3NO2. The summed E-state index contributed by atoms with van der Waals surface area (Å²) in [6, 6.07) is 16.7. The highest BCUT2D eigenvalue weighted by molar-refractivity contribution is 6.34. The highest BCUT2D eigenvalue weighted by atomic mass is 35.5. The molecule has 140 valence electrons. The highest BCUT2D eigenvalue weighted by Crippen LogP contribution is 2.22. The Balaban J connectivity index is 1.83. The van der Waals surface area contributed by atoms with Gasteiger partial charge in [-0.3, -0.25) is 4.79 Å². The molecule has 3 aromatic rings. The van der Waals surface area contributed by atoms with Gasteiger partial charge in [0.15, 0.2) is 0 Å². The van der Waals surface area contributed by atoms with Crippen molar-refractivity contribution >= 4 is 34.8 Å². The molecule has 0 amide bonds. The number of hydrogen-bond donors (Lipinski definition) is 0. The molecule has 3 rings (SSSR count). The lowest BCUT2D eigenvalue weighted by molar-refractivity contribution is 0.292. The van der Waals surface area contributed by atoms with Crippen LogP contribution in [0.15, 0.2) is 59.4 Å². The van der Waals surface area contributed by atoms with Crippen LogP contribution >= 0.6 is 34.8 Å². The average Bonchev–Trinajstić information content (AvgIpc) is 2.65. The smallest absolute Gasteiger partial charge is 0.269 e. The number of nitrogens with zero attached hydrogens (tertiary/aromatic N) is 1. The van der Waals surface area contributed by atoms with Gasteiger partial charge in [0.1, 0.15) is 17.4 Å². The molecule has 3 nitrogen and oxygen atoms in total. The van der Waals surface area contributed by atoms with E-state index in [9.17, 15) is 4.79 Å². The molecule has 0 saturated heterocycles. The predicted molar refractivity (Wildman–Crippen MR) is 111 cm³/mol. The first-order valence-corrected chi connectivity index (χ1v) is 9.59. The zero-order chi connectivity index (χ0) is 19.4. The summed E-state index contributed by atoms with van der Waals surface area (Å²) in [5.41, 5.74) is 2.64. The Kier molecular flexibility index (Phi) is 6.48. The zero-order valence-corrected chi connectivity index (χ0v) is 17.0. The van der Waals surface area contributed by atoms with Gasteiger partial charge < -0.3 is 9.30 Å². The van der Waals surface area contributed by atoms with Gasteiger partial charge in [0.25, 0.3) is 5.56 Å². The van der Waals surface area contributed by atoms with E-state index in [1.54, 1.807) is 28.8 Å². The summed E-state index contributed by atoms with van der Waals surface area (Å²) < 4.78 is 7.37. The summed E-state index contributed by atoms with van der Waals surface area (Å²) in [5, 5.41) is 1.12. The van der Waals surface area contributed by atoms with Crippen LogP contribution in [-0.2, 0) is 19.6 Å². The molecule has 1 aromatic heterocycles. The number of aryl methyl sites for hydroxylation is 2. The zero-order valence-electron chi connectivity index (χ0n) is 14.7. The van der Waals surface area contributed by atoms with E-state index >= 15 is 0 Å². The fraction of sp³-hybridized carbons (Fsp3) is 0.190. The van der Waals surface area contributed by atoms with E-state index in [0.717, 1.165) is 5.56 Å². The number of aromatic nitrogens is 1. The molecule has 2 aromatic carbocycles. The van der Waals surface area contributed by atoms with E-state index < -0.39 is 0 Å². The molecule has 27 heavy (non-hydrogen) atoms. The minimum atomic E-state index is -0.275. The molecular weight excluding hydrogens is 405 g/mol.